The molecule has 0 aliphatic rings. The summed E-state index contributed by atoms with van der Waals surface area (Å²) in [6, 6.07) is 9.25. The van der Waals surface area contributed by atoms with Crippen molar-refractivity contribution in [3.05, 3.63) is 46.5 Å². The standard InChI is InChI=1S/C16H20/c1-10(2)15-7-11(3)6-14-8-12(4)13(5)9-16(14)15/h6-10H,1-5H3. The Balaban J connectivity index is 2.85. The van der Waals surface area contributed by atoms with Crippen LogP contribution in [0.1, 0.15) is 42.0 Å². The summed E-state index contributed by atoms with van der Waals surface area (Å²) in [5, 5.41) is 2.80. The van der Waals surface area contributed by atoms with Crippen LogP contribution < -0.4 is 0 Å². The average molecular weight is 212 g/mol. The first kappa shape index (κ1) is 11.2. The van der Waals surface area contributed by atoms with E-state index in [0.29, 0.717) is 5.92 Å². The minimum atomic E-state index is 0.588. The molecule has 0 unspecified atom stereocenters. The van der Waals surface area contributed by atoms with Crippen LogP contribution in [0, 0.1) is 20.8 Å². The second kappa shape index (κ2) is 3.93. The van der Waals surface area contributed by atoms with Crippen molar-refractivity contribution in [2.75, 3.05) is 0 Å². The lowest BCUT2D eigenvalue weighted by molar-refractivity contribution is 0.874. The summed E-state index contributed by atoms with van der Waals surface area (Å²) >= 11 is 0. The number of rotatable bonds is 1. The van der Waals surface area contributed by atoms with Gasteiger partial charge in [-0.05, 0) is 54.2 Å². The van der Waals surface area contributed by atoms with Gasteiger partial charge in [0.05, 0.1) is 0 Å². The molecule has 0 saturated heterocycles. The summed E-state index contributed by atoms with van der Waals surface area (Å²) in [5.41, 5.74) is 5.60. The maximum atomic E-state index is 2.33. The minimum absolute atomic E-state index is 0.588. The molecule has 0 N–H and O–H groups in total. The Hall–Kier alpha value is -1.30. The van der Waals surface area contributed by atoms with Crippen molar-refractivity contribution in [3.8, 4) is 0 Å². The predicted molar refractivity (Wildman–Crippen MR) is 72.2 cm³/mol. The molecule has 84 valence electrons. The molecule has 0 aliphatic carbocycles. The van der Waals surface area contributed by atoms with Gasteiger partial charge in [0.1, 0.15) is 0 Å². The highest BCUT2D eigenvalue weighted by Gasteiger charge is 2.07. The molecule has 16 heavy (non-hydrogen) atoms. The lowest BCUT2D eigenvalue weighted by Gasteiger charge is -2.13. The largest absolute Gasteiger partial charge is 0.0587 e. The van der Waals surface area contributed by atoms with Crippen molar-refractivity contribution in [2.45, 2.75) is 40.5 Å². The Morgan fingerprint density at radius 2 is 1.44 bits per heavy atom. The fraction of sp³-hybridized carbons (Fsp3) is 0.375. The van der Waals surface area contributed by atoms with Crippen molar-refractivity contribution in [3.63, 3.8) is 0 Å². The zero-order valence-electron chi connectivity index (χ0n) is 10.9. The summed E-state index contributed by atoms with van der Waals surface area (Å²) in [5.74, 6) is 0.588. The van der Waals surface area contributed by atoms with Gasteiger partial charge in [0.2, 0.25) is 0 Å². The van der Waals surface area contributed by atoms with Crippen molar-refractivity contribution in [1.29, 1.82) is 0 Å². The Kier molecular flexibility index (Phi) is 2.75. The summed E-state index contributed by atoms with van der Waals surface area (Å²) in [6.45, 7) is 11.1. The molecule has 0 amide bonds. The van der Waals surface area contributed by atoms with Gasteiger partial charge in [-0.15, -0.1) is 0 Å². The SMILES string of the molecule is Cc1cc(C(C)C)c2cc(C)c(C)cc2c1. The lowest BCUT2D eigenvalue weighted by atomic mass is 9.91. The molecule has 0 atom stereocenters. The van der Waals surface area contributed by atoms with E-state index in [1.165, 1.54) is 33.0 Å². The smallest absolute Gasteiger partial charge is 0.0146 e. The van der Waals surface area contributed by atoms with Gasteiger partial charge in [-0.3, -0.25) is 0 Å². The van der Waals surface area contributed by atoms with E-state index in [0.717, 1.165) is 0 Å². The maximum Gasteiger partial charge on any atom is -0.0146 e. The van der Waals surface area contributed by atoms with Gasteiger partial charge in [-0.1, -0.05) is 43.7 Å². The van der Waals surface area contributed by atoms with Gasteiger partial charge >= 0.3 is 0 Å². The zero-order valence-corrected chi connectivity index (χ0v) is 10.9. The van der Waals surface area contributed by atoms with Crippen molar-refractivity contribution < 1.29 is 0 Å². The van der Waals surface area contributed by atoms with Crippen LogP contribution in [-0.4, -0.2) is 0 Å². The van der Waals surface area contributed by atoms with Gasteiger partial charge in [0.25, 0.3) is 0 Å². The topological polar surface area (TPSA) is 0 Å². The van der Waals surface area contributed by atoms with E-state index in [4.69, 9.17) is 0 Å². The summed E-state index contributed by atoms with van der Waals surface area (Å²) in [6.07, 6.45) is 0. The third-order valence-corrected chi connectivity index (χ3v) is 3.37. The number of benzene rings is 2. The molecular formula is C16H20. The van der Waals surface area contributed by atoms with E-state index in [-0.39, 0.29) is 0 Å². The van der Waals surface area contributed by atoms with Crippen molar-refractivity contribution in [2.24, 2.45) is 0 Å². The van der Waals surface area contributed by atoms with Crippen LogP contribution in [0.3, 0.4) is 0 Å². The van der Waals surface area contributed by atoms with Gasteiger partial charge in [0.15, 0.2) is 0 Å². The fourth-order valence-corrected chi connectivity index (χ4v) is 2.30. The van der Waals surface area contributed by atoms with E-state index >= 15 is 0 Å². The second-order valence-corrected chi connectivity index (χ2v) is 5.17. The fourth-order valence-electron chi connectivity index (χ4n) is 2.30. The van der Waals surface area contributed by atoms with E-state index < -0.39 is 0 Å². The molecule has 2 aromatic rings. The molecule has 2 aromatic carbocycles. The molecule has 0 heteroatoms. The normalized spacial score (nSPS) is 11.4. The van der Waals surface area contributed by atoms with Crippen LogP contribution in [0.5, 0.6) is 0 Å². The van der Waals surface area contributed by atoms with Crippen LogP contribution in [0.2, 0.25) is 0 Å². The first-order valence-electron chi connectivity index (χ1n) is 6.00. The molecular weight excluding hydrogens is 192 g/mol. The number of hydrogen-bond acceptors (Lipinski definition) is 0. The molecule has 0 nitrogen and oxygen atoms in total. The molecule has 2 rings (SSSR count). The van der Waals surface area contributed by atoms with Gasteiger partial charge < -0.3 is 0 Å². The lowest BCUT2D eigenvalue weighted by Crippen LogP contribution is -1.93. The Morgan fingerprint density at radius 1 is 0.812 bits per heavy atom. The highest BCUT2D eigenvalue weighted by molar-refractivity contribution is 5.88. The first-order valence-corrected chi connectivity index (χ1v) is 6.00. The molecule has 0 aliphatic heterocycles. The van der Waals surface area contributed by atoms with Gasteiger partial charge in [-0.2, -0.15) is 0 Å². The number of hydrogen-bond donors (Lipinski definition) is 0. The van der Waals surface area contributed by atoms with Crippen molar-refractivity contribution >= 4 is 10.8 Å². The van der Waals surface area contributed by atoms with E-state index in [2.05, 4.69) is 58.9 Å². The number of aryl methyl sites for hydroxylation is 3. The van der Waals surface area contributed by atoms with Crippen LogP contribution in [0.25, 0.3) is 10.8 Å². The van der Waals surface area contributed by atoms with Crippen LogP contribution in [-0.2, 0) is 0 Å². The molecule has 0 aromatic heterocycles. The summed E-state index contributed by atoms with van der Waals surface area (Å²) in [4.78, 5) is 0. The third kappa shape index (κ3) is 1.84. The molecule has 0 heterocycles. The van der Waals surface area contributed by atoms with Gasteiger partial charge in [0, 0.05) is 0 Å². The highest BCUT2D eigenvalue weighted by atomic mass is 14.1. The minimum Gasteiger partial charge on any atom is -0.0587 e. The van der Waals surface area contributed by atoms with E-state index in [1.54, 1.807) is 0 Å². The molecule has 0 radical (unpaired) electrons. The van der Waals surface area contributed by atoms with Crippen LogP contribution in [0.15, 0.2) is 24.3 Å². The third-order valence-electron chi connectivity index (χ3n) is 3.37. The summed E-state index contributed by atoms with van der Waals surface area (Å²) in [7, 11) is 0. The quantitative estimate of drug-likeness (QED) is 0.631. The van der Waals surface area contributed by atoms with Crippen LogP contribution >= 0.6 is 0 Å². The Labute approximate surface area is 98.3 Å². The zero-order chi connectivity index (χ0) is 11.9. The highest BCUT2D eigenvalue weighted by Crippen LogP contribution is 2.29. The van der Waals surface area contributed by atoms with Crippen LogP contribution in [0.4, 0.5) is 0 Å². The molecule has 0 fully saturated rings. The monoisotopic (exact) mass is 212 g/mol. The molecule has 0 spiro atoms. The summed E-state index contributed by atoms with van der Waals surface area (Å²) < 4.78 is 0. The van der Waals surface area contributed by atoms with Gasteiger partial charge in [-0.25, -0.2) is 0 Å². The molecule has 0 saturated carbocycles. The Bertz CT molecular complexity index is 533. The Morgan fingerprint density at radius 3 is 2.06 bits per heavy atom. The maximum absolute atomic E-state index is 2.33. The predicted octanol–water partition coefficient (Wildman–Crippen LogP) is 4.89. The average Bonchev–Trinajstić information content (AvgIpc) is 2.19. The van der Waals surface area contributed by atoms with E-state index in [1.807, 2.05) is 0 Å². The first-order chi connectivity index (χ1) is 7.49. The molecule has 0 bridgehead atoms. The number of fused-ring (bicyclic) bond motifs is 1. The second-order valence-electron chi connectivity index (χ2n) is 5.17. The van der Waals surface area contributed by atoms with E-state index in [9.17, 15) is 0 Å². The van der Waals surface area contributed by atoms with Crippen molar-refractivity contribution in [1.82, 2.24) is 0 Å².